The van der Waals surface area contributed by atoms with E-state index in [4.69, 9.17) is 11.6 Å². The Labute approximate surface area is 97.8 Å². The van der Waals surface area contributed by atoms with E-state index in [2.05, 4.69) is 25.2 Å². The monoisotopic (exact) mass is 225 g/mol. The summed E-state index contributed by atoms with van der Waals surface area (Å²) in [6.07, 6.45) is 2.25. The molecule has 0 fully saturated rings. The van der Waals surface area contributed by atoms with Crippen molar-refractivity contribution in [1.29, 1.82) is 0 Å². The van der Waals surface area contributed by atoms with Gasteiger partial charge >= 0.3 is 0 Å². The highest BCUT2D eigenvalue weighted by molar-refractivity contribution is 6.30. The van der Waals surface area contributed by atoms with Gasteiger partial charge in [0.1, 0.15) is 0 Å². The number of rotatable bonds is 5. The normalized spacial score (nSPS) is 13.1. The van der Waals surface area contributed by atoms with Crippen LogP contribution in [0.1, 0.15) is 25.8 Å². The summed E-state index contributed by atoms with van der Waals surface area (Å²) < 4.78 is 0. The first-order valence-corrected chi connectivity index (χ1v) is 5.91. The highest BCUT2D eigenvalue weighted by Crippen LogP contribution is 2.15. The molecule has 1 nitrogen and oxygen atoms in total. The molecule has 0 aromatic heterocycles. The van der Waals surface area contributed by atoms with E-state index in [1.807, 2.05) is 25.2 Å². The molecule has 0 spiro atoms. The van der Waals surface area contributed by atoms with Crippen molar-refractivity contribution in [2.24, 2.45) is 5.92 Å². The number of nitrogens with one attached hydrogen (secondary N) is 1. The molecule has 0 radical (unpaired) electrons. The van der Waals surface area contributed by atoms with Gasteiger partial charge in [0.25, 0.3) is 0 Å². The van der Waals surface area contributed by atoms with Gasteiger partial charge in [-0.1, -0.05) is 37.6 Å². The SMILES string of the molecule is CNC(Cc1cccc(Cl)c1)CC(C)C. The van der Waals surface area contributed by atoms with E-state index in [0.717, 1.165) is 17.4 Å². The molecule has 0 aliphatic carbocycles. The highest BCUT2D eigenvalue weighted by Gasteiger charge is 2.09. The summed E-state index contributed by atoms with van der Waals surface area (Å²) in [6, 6.07) is 8.66. The Hall–Kier alpha value is -0.530. The minimum absolute atomic E-state index is 0.545. The highest BCUT2D eigenvalue weighted by atomic mass is 35.5. The topological polar surface area (TPSA) is 12.0 Å². The second kappa shape index (κ2) is 6.14. The molecule has 0 saturated carbocycles. The molecule has 0 heterocycles. The van der Waals surface area contributed by atoms with Crippen LogP contribution in [0.5, 0.6) is 0 Å². The van der Waals surface area contributed by atoms with E-state index in [0.29, 0.717) is 6.04 Å². The zero-order chi connectivity index (χ0) is 11.3. The quantitative estimate of drug-likeness (QED) is 0.809. The van der Waals surface area contributed by atoms with Gasteiger partial charge in [-0.05, 0) is 43.5 Å². The van der Waals surface area contributed by atoms with Crippen molar-refractivity contribution in [2.45, 2.75) is 32.7 Å². The molecule has 1 N–H and O–H groups in total. The maximum atomic E-state index is 5.96. The minimum atomic E-state index is 0.545. The number of halogens is 1. The average Bonchev–Trinajstić information content (AvgIpc) is 2.16. The van der Waals surface area contributed by atoms with Crippen LogP contribution in [0.15, 0.2) is 24.3 Å². The molecule has 1 rings (SSSR count). The third-order valence-corrected chi connectivity index (χ3v) is 2.77. The molecule has 15 heavy (non-hydrogen) atoms. The van der Waals surface area contributed by atoms with Gasteiger partial charge < -0.3 is 5.32 Å². The maximum Gasteiger partial charge on any atom is 0.0408 e. The molecular weight excluding hydrogens is 206 g/mol. The Morgan fingerprint density at radius 2 is 2.07 bits per heavy atom. The summed E-state index contributed by atoms with van der Waals surface area (Å²) in [4.78, 5) is 0. The average molecular weight is 226 g/mol. The molecule has 1 unspecified atom stereocenters. The fourth-order valence-electron chi connectivity index (χ4n) is 1.82. The molecule has 1 aromatic rings. The van der Waals surface area contributed by atoms with Gasteiger partial charge in [-0.3, -0.25) is 0 Å². The van der Waals surface area contributed by atoms with Crippen LogP contribution < -0.4 is 5.32 Å². The summed E-state index contributed by atoms with van der Waals surface area (Å²) in [5.41, 5.74) is 1.31. The minimum Gasteiger partial charge on any atom is -0.317 e. The van der Waals surface area contributed by atoms with E-state index in [-0.39, 0.29) is 0 Å². The van der Waals surface area contributed by atoms with Crippen LogP contribution in [-0.2, 0) is 6.42 Å². The smallest absolute Gasteiger partial charge is 0.0408 e. The summed E-state index contributed by atoms with van der Waals surface area (Å²) in [5, 5.41) is 4.18. The lowest BCUT2D eigenvalue weighted by Gasteiger charge is -2.18. The standard InChI is InChI=1S/C13H20ClN/c1-10(2)7-13(15-3)9-11-5-4-6-12(14)8-11/h4-6,8,10,13,15H,7,9H2,1-3H3. The molecular formula is C13H20ClN. The second-order valence-electron chi connectivity index (χ2n) is 4.45. The molecule has 0 aliphatic rings. The zero-order valence-corrected chi connectivity index (χ0v) is 10.5. The lowest BCUT2D eigenvalue weighted by Crippen LogP contribution is -2.29. The summed E-state index contributed by atoms with van der Waals surface area (Å²) in [5.74, 6) is 0.724. The van der Waals surface area contributed by atoms with E-state index < -0.39 is 0 Å². The molecule has 0 aliphatic heterocycles. The van der Waals surface area contributed by atoms with Gasteiger partial charge in [0.05, 0.1) is 0 Å². The number of likely N-dealkylation sites (N-methyl/N-ethyl adjacent to an activating group) is 1. The van der Waals surface area contributed by atoms with Crippen molar-refractivity contribution in [3.8, 4) is 0 Å². The molecule has 0 amide bonds. The van der Waals surface area contributed by atoms with Gasteiger partial charge in [0.2, 0.25) is 0 Å². The number of hydrogen-bond acceptors (Lipinski definition) is 1. The lowest BCUT2D eigenvalue weighted by molar-refractivity contribution is 0.441. The molecule has 0 saturated heterocycles. The van der Waals surface area contributed by atoms with Crippen LogP contribution in [0, 0.1) is 5.92 Å². The third kappa shape index (κ3) is 4.67. The Bertz CT molecular complexity index is 296. The van der Waals surface area contributed by atoms with Gasteiger partial charge in [0, 0.05) is 11.1 Å². The number of benzene rings is 1. The maximum absolute atomic E-state index is 5.96. The van der Waals surface area contributed by atoms with Crippen LogP contribution in [0.4, 0.5) is 0 Å². The Morgan fingerprint density at radius 1 is 1.33 bits per heavy atom. The van der Waals surface area contributed by atoms with E-state index >= 15 is 0 Å². The fraction of sp³-hybridized carbons (Fsp3) is 0.538. The number of hydrogen-bond donors (Lipinski definition) is 1. The van der Waals surface area contributed by atoms with Crippen molar-refractivity contribution in [3.63, 3.8) is 0 Å². The first kappa shape index (κ1) is 12.5. The van der Waals surface area contributed by atoms with Crippen molar-refractivity contribution in [1.82, 2.24) is 5.32 Å². The zero-order valence-electron chi connectivity index (χ0n) is 9.76. The first-order chi connectivity index (χ1) is 7.11. The van der Waals surface area contributed by atoms with Gasteiger partial charge in [0.15, 0.2) is 0 Å². The first-order valence-electron chi connectivity index (χ1n) is 5.53. The fourth-order valence-corrected chi connectivity index (χ4v) is 2.03. The summed E-state index contributed by atoms with van der Waals surface area (Å²) in [6.45, 7) is 4.50. The van der Waals surface area contributed by atoms with E-state index in [9.17, 15) is 0 Å². The van der Waals surface area contributed by atoms with E-state index in [1.54, 1.807) is 0 Å². The van der Waals surface area contributed by atoms with Gasteiger partial charge in [-0.15, -0.1) is 0 Å². The van der Waals surface area contributed by atoms with Crippen LogP contribution >= 0.6 is 11.6 Å². The third-order valence-electron chi connectivity index (χ3n) is 2.54. The van der Waals surface area contributed by atoms with Crippen LogP contribution in [0.3, 0.4) is 0 Å². The second-order valence-corrected chi connectivity index (χ2v) is 4.89. The van der Waals surface area contributed by atoms with Crippen molar-refractivity contribution in [2.75, 3.05) is 7.05 Å². The summed E-state index contributed by atoms with van der Waals surface area (Å²) >= 11 is 5.96. The van der Waals surface area contributed by atoms with Crippen molar-refractivity contribution >= 4 is 11.6 Å². The summed E-state index contributed by atoms with van der Waals surface area (Å²) in [7, 11) is 2.03. The van der Waals surface area contributed by atoms with Crippen LogP contribution in [0.2, 0.25) is 5.02 Å². The van der Waals surface area contributed by atoms with Gasteiger partial charge in [-0.25, -0.2) is 0 Å². The Kier molecular flexibility index (Phi) is 5.13. The largest absolute Gasteiger partial charge is 0.317 e. The molecule has 84 valence electrons. The van der Waals surface area contributed by atoms with E-state index in [1.165, 1.54) is 12.0 Å². The predicted octanol–water partition coefficient (Wildman–Crippen LogP) is 3.52. The van der Waals surface area contributed by atoms with Crippen molar-refractivity contribution < 1.29 is 0 Å². The lowest BCUT2D eigenvalue weighted by atomic mass is 9.97. The van der Waals surface area contributed by atoms with Crippen LogP contribution in [0.25, 0.3) is 0 Å². The molecule has 0 bridgehead atoms. The molecule has 1 atom stereocenters. The molecule has 2 heteroatoms. The van der Waals surface area contributed by atoms with Crippen molar-refractivity contribution in [3.05, 3.63) is 34.9 Å². The Balaban J connectivity index is 2.58. The van der Waals surface area contributed by atoms with Crippen LogP contribution in [-0.4, -0.2) is 13.1 Å². The Morgan fingerprint density at radius 3 is 2.60 bits per heavy atom. The van der Waals surface area contributed by atoms with Gasteiger partial charge in [-0.2, -0.15) is 0 Å². The molecule has 1 aromatic carbocycles. The predicted molar refractivity (Wildman–Crippen MR) is 67.5 cm³/mol.